The summed E-state index contributed by atoms with van der Waals surface area (Å²) in [5, 5.41) is 14.4. The van der Waals surface area contributed by atoms with Gasteiger partial charge in [0.1, 0.15) is 11.5 Å². The molecule has 4 N–H and O–H groups in total. The fraction of sp³-hybridized carbons (Fsp3) is 0.300. The van der Waals surface area contributed by atoms with Gasteiger partial charge in [-0.2, -0.15) is 19.2 Å². The summed E-state index contributed by atoms with van der Waals surface area (Å²) >= 11 is 0. The Morgan fingerprint density at radius 3 is 2.11 bits per heavy atom. The molecule has 0 aromatic heterocycles. The van der Waals surface area contributed by atoms with Crippen molar-refractivity contribution in [1.82, 2.24) is 4.90 Å². The van der Waals surface area contributed by atoms with Gasteiger partial charge in [-0.1, -0.05) is 12.6 Å². The van der Waals surface area contributed by atoms with Crippen molar-refractivity contribution in [3.63, 3.8) is 0 Å². The Balaban J connectivity index is 0.00000117. The van der Waals surface area contributed by atoms with Crippen LogP contribution in [0.1, 0.15) is 18.1 Å². The van der Waals surface area contributed by atoms with Crippen molar-refractivity contribution in [2.45, 2.75) is 13.1 Å². The number of aliphatic carboxylic acids is 1. The predicted molar refractivity (Wildman–Crippen MR) is 159 cm³/mol. The Morgan fingerprint density at radius 2 is 1.53 bits per heavy atom. The van der Waals surface area contributed by atoms with Crippen LogP contribution < -0.4 is 48.8 Å². The number of aliphatic hydroxyl groups is 1. The Kier molecular flexibility index (Phi) is 15.5. The first kappa shape index (κ1) is 39.3. The van der Waals surface area contributed by atoms with Crippen molar-refractivity contribution in [2.24, 2.45) is 4.99 Å². The molecule has 0 amide bonds. The standard InChI is InChI=1S/C27H25F4N4O2.C2H4O2.CH4O.Na.H2O/c1-36-21-7-4-6-20(16-21)33-11-13-34(14-12-33)26-32-25-18(5-3-8-22(25)28)17-35(26)23-15-19(27(29,30)31)9-10-24(23)37-2;1-2(3)4;1-2;;/h3-10,15-17H,11-14H2,1-2H3;1H3,(H,3,4);2H,1H3;;1H2/q-1;;;+1;. The number of anilines is 2. The van der Waals surface area contributed by atoms with Gasteiger partial charge in [0.2, 0.25) is 0 Å². The summed E-state index contributed by atoms with van der Waals surface area (Å²) in [6.45, 7) is 4.98. The second-order valence-electron chi connectivity index (χ2n) is 9.17. The number of guanidine groups is 1. The first-order chi connectivity index (χ1) is 20.5. The Hall–Kier alpha value is -3.69. The fourth-order valence-electron chi connectivity index (χ4n) is 4.53. The Morgan fingerprint density at radius 1 is 0.933 bits per heavy atom. The Bertz CT molecular complexity index is 1430. The summed E-state index contributed by atoms with van der Waals surface area (Å²) < 4.78 is 66.2. The zero-order valence-electron chi connectivity index (χ0n) is 25.6. The number of piperazine rings is 1. The van der Waals surface area contributed by atoms with Gasteiger partial charge in [-0.3, -0.25) is 9.79 Å². The van der Waals surface area contributed by atoms with Gasteiger partial charge in [-0.05, 0) is 36.4 Å². The first-order valence-electron chi connectivity index (χ1n) is 13.1. The summed E-state index contributed by atoms with van der Waals surface area (Å²) in [5.74, 6) is -0.00894. The molecule has 1 saturated heterocycles. The van der Waals surface area contributed by atoms with E-state index in [1.165, 1.54) is 19.2 Å². The van der Waals surface area contributed by atoms with Crippen LogP contribution in [0.15, 0.2) is 65.7 Å². The molecule has 0 bridgehead atoms. The fourth-order valence-corrected chi connectivity index (χ4v) is 4.53. The maximum Gasteiger partial charge on any atom is 1.00 e. The van der Waals surface area contributed by atoms with Crippen molar-refractivity contribution in [3.8, 4) is 11.5 Å². The summed E-state index contributed by atoms with van der Waals surface area (Å²) in [5.41, 5.74) is 0.960. The molecule has 0 saturated carbocycles. The largest absolute Gasteiger partial charge is 1.00 e. The van der Waals surface area contributed by atoms with Crippen LogP contribution in [0.4, 0.5) is 34.6 Å². The van der Waals surface area contributed by atoms with Gasteiger partial charge in [0, 0.05) is 57.7 Å². The van der Waals surface area contributed by atoms with Crippen molar-refractivity contribution >= 4 is 29.0 Å². The van der Waals surface area contributed by atoms with E-state index in [9.17, 15) is 17.6 Å². The quantitative estimate of drug-likeness (QED) is 0.249. The van der Waals surface area contributed by atoms with E-state index >= 15 is 0 Å². The third kappa shape index (κ3) is 9.90. The van der Waals surface area contributed by atoms with Gasteiger partial charge >= 0.3 is 35.7 Å². The molecular weight excluding hydrogens is 611 g/mol. The van der Waals surface area contributed by atoms with Crippen molar-refractivity contribution in [2.75, 3.05) is 57.3 Å². The predicted octanol–water partition coefficient (Wildman–Crippen LogP) is 1.58. The number of rotatable bonds is 4. The number of ether oxygens (including phenoxy) is 2. The second-order valence-corrected chi connectivity index (χ2v) is 9.17. The number of benzene rings is 3. The smallest absolute Gasteiger partial charge is 0.497 e. The summed E-state index contributed by atoms with van der Waals surface area (Å²) in [6, 6.07) is 15.6. The minimum atomic E-state index is -4.54. The van der Waals surface area contributed by atoms with E-state index in [2.05, 4.69) is 9.89 Å². The third-order valence-corrected chi connectivity index (χ3v) is 6.46. The molecule has 10 nitrogen and oxygen atoms in total. The minimum Gasteiger partial charge on any atom is -0.497 e. The molecule has 5 rings (SSSR count). The minimum absolute atomic E-state index is 0. The van der Waals surface area contributed by atoms with Crippen LogP contribution in [0.25, 0.3) is 0 Å². The van der Waals surface area contributed by atoms with E-state index in [4.69, 9.17) is 24.5 Å². The number of carbonyl (C=O) groups is 1. The molecular formula is C30H35F4N4NaO6. The second kappa shape index (κ2) is 17.7. The molecule has 0 unspecified atom stereocenters. The third-order valence-electron chi connectivity index (χ3n) is 6.46. The number of fused-ring (bicyclic) bond motifs is 1. The monoisotopic (exact) mass is 646 g/mol. The van der Waals surface area contributed by atoms with Crippen molar-refractivity contribution < 1.29 is 77.1 Å². The topological polar surface area (TPSA) is 130 Å². The molecule has 3 aromatic rings. The van der Waals surface area contributed by atoms with Crippen LogP contribution in [0.5, 0.6) is 11.5 Å². The van der Waals surface area contributed by atoms with E-state index in [0.29, 0.717) is 37.7 Å². The number of aliphatic hydroxyl groups excluding tert-OH is 1. The number of carboxylic acids is 1. The van der Waals surface area contributed by atoms with Crippen LogP contribution >= 0.6 is 0 Å². The van der Waals surface area contributed by atoms with Gasteiger partial charge in [0.25, 0.3) is 5.97 Å². The van der Waals surface area contributed by atoms with Gasteiger partial charge in [0.15, 0.2) is 5.96 Å². The van der Waals surface area contributed by atoms with Gasteiger partial charge in [-0.25, -0.2) is 4.39 Å². The Labute approximate surface area is 281 Å². The van der Waals surface area contributed by atoms with Crippen LogP contribution in [-0.2, 0) is 11.0 Å². The molecule has 0 spiro atoms. The molecule has 1 fully saturated rings. The zero-order valence-corrected chi connectivity index (χ0v) is 27.6. The molecule has 15 heteroatoms. The van der Waals surface area contributed by atoms with Crippen LogP contribution in [-0.4, -0.2) is 80.0 Å². The summed E-state index contributed by atoms with van der Waals surface area (Å²) in [6.07, 6.45) is -4.54. The summed E-state index contributed by atoms with van der Waals surface area (Å²) in [7, 11) is 4.01. The maximum absolute atomic E-state index is 14.7. The molecule has 45 heavy (non-hydrogen) atoms. The number of para-hydroxylation sites is 1. The first-order valence-corrected chi connectivity index (χ1v) is 13.1. The number of hydrogen-bond acceptors (Lipinski definition) is 8. The molecule has 240 valence electrons. The van der Waals surface area contributed by atoms with E-state index in [0.717, 1.165) is 37.6 Å². The maximum atomic E-state index is 14.7. The van der Waals surface area contributed by atoms with Crippen LogP contribution in [0.2, 0.25) is 0 Å². The molecule has 0 atom stereocenters. The van der Waals surface area contributed by atoms with E-state index < -0.39 is 23.5 Å². The SMILES string of the molecule is CC(=O)O.CO.COc1cccc(N2CCN(C3=Nc4c(F)cccc4[CH-]N3c3cc(C(F)(F)F)ccc3OC)CC2)c1.O.[Na+]. The number of nitrogens with zero attached hydrogens (tertiary/aromatic N) is 4. The zero-order chi connectivity index (χ0) is 31.7. The van der Waals surface area contributed by atoms with Crippen LogP contribution in [0.3, 0.4) is 0 Å². The molecule has 0 radical (unpaired) electrons. The van der Waals surface area contributed by atoms with Crippen LogP contribution in [0, 0.1) is 12.4 Å². The number of methoxy groups -OCH3 is 2. The van der Waals surface area contributed by atoms with Gasteiger partial charge in [-0.15, -0.1) is 11.6 Å². The number of hydrogen-bond donors (Lipinski definition) is 2. The van der Waals surface area contributed by atoms with E-state index in [-0.39, 0.29) is 52.2 Å². The van der Waals surface area contributed by atoms with Gasteiger partial charge in [0.05, 0.1) is 31.3 Å². The molecule has 3 aromatic carbocycles. The van der Waals surface area contributed by atoms with Crippen molar-refractivity contribution in [3.05, 3.63) is 84.2 Å². The molecule has 0 aliphatic carbocycles. The van der Waals surface area contributed by atoms with E-state index in [1.807, 2.05) is 29.2 Å². The number of carboxylic acid groups (broad SMARTS) is 1. The molecule has 2 aliphatic heterocycles. The average molecular weight is 647 g/mol. The van der Waals surface area contributed by atoms with Gasteiger partial charge < -0.3 is 39.9 Å². The van der Waals surface area contributed by atoms with Crippen molar-refractivity contribution in [1.29, 1.82) is 0 Å². The molecule has 2 aliphatic rings. The average Bonchev–Trinajstić information content (AvgIpc) is 3.01. The normalized spacial score (nSPS) is 13.5. The summed E-state index contributed by atoms with van der Waals surface area (Å²) in [4.78, 5) is 19.3. The number of halogens is 4. The van der Waals surface area contributed by atoms with E-state index in [1.54, 1.807) is 30.7 Å². The number of aliphatic imine (C=N–C) groups is 1. The number of alkyl halides is 3. The molecule has 2 heterocycles.